The number of hydrogen-bond donors (Lipinski definition) is 0. The lowest BCUT2D eigenvalue weighted by atomic mass is 10.5. The highest BCUT2D eigenvalue weighted by Gasteiger charge is 1.61. The molecule has 2 nitrogen and oxygen atoms in total. The molecule has 0 aliphatic carbocycles. The van der Waals surface area contributed by atoms with Gasteiger partial charge in [-0.3, -0.25) is 4.99 Å². The molecule has 46 valence electrons. The van der Waals surface area contributed by atoms with Gasteiger partial charge >= 0.3 is 0 Å². The maximum absolute atomic E-state index is 4.59. The predicted octanol–water partition coefficient (Wildman–Crippen LogP) is 1.58. The molecule has 0 aromatic rings. The van der Waals surface area contributed by atoms with Crippen molar-refractivity contribution in [2.24, 2.45) is 4.99 Å². The molecule has 0 aliphatic rings. The Balaban J connectivity index is 3.13. The highest BCUT2D eigenvalue weighted by Crippen LogP contribution is 1.74. The Morgan fingerprint density at radius 2 is 2.38 bits per heavy atom. The van der Waals surface area contributed by atoms with Crippen molar-refractivity contribution in [3.05, 3.63) is 12.5 Å². The van der Waals surface area contributed by atoms with Gasteiger partial charge in [0, 0.05) is 6.21 Å². The molecule has 0 bridgehead atoms. The van der Waals surface area contributed by atoms with Crippen LogP contribution in [0.2, 0.25) is 0 Å². The molecule has 0 saturated heterocycles. The van der Waals surface area contributed by atoms with Gasteiger partial charge in [-0.25, -0.2) is 0 Å². The number of methoxy groups -OCH3 is 1. The maximum atomic E-state index is 4.59. The van der Waals surface area contributed by atoms with Crippen LogP contribution in [-0.4, -0.2) is 13.3 Å². The second-order valence-electron chi connectivity index (χ2n) is 1.26. The van der Waals surface area contributed by atoms with E-state index in [4.69, 9.17) is 0 Å². The standard InChI is InChI=1S/C6H11NO/c1-3-4-7-5-6-8-2/h4-6H,3H2,1-2H3/b6-5+,7-4?. The summed E-state index contributed by atoms with van der Waals surface area (Å²) in [6.07, 6.45) is 5.93. The van der Waals surface area contributed by atoms with Gasteiger partial charge in [0.25, 0.3) is 0 Å². The summed E-state index contributed by atoms with van der Waals surface area (Å²) in [4.78, 5) is 3.85. The fourth-order valence-electron chi connectivity index (χ4n) is 0.262. The zero-order valence-corrected chi connectivity index (χ0v) is 5.29. The van der Waals surface area contributed by atoms with Crippen LogP contribution in [0.1, 0.15) is 13.3 Å². The van der Waals surface area contributed by atoms with Gasteiger partial charge < -0.3 is 4.74 Å². The van der Waals surface area contributed by atoms with Crippen LogP contribution < -0.4 is 0 Å². The van der Waals surface area contributed by atoms with Crippen LogP contribution in [0.3, 0.4) is 0 Å². The predicted molar refractivity (Wildman–Crippen MR) is 34.9 cm³/mol. The van der Waals surface area contributed by atoms with E-state index < -0.39 is 0 Å². The van der Waals surface area contributed by atoms with Crippen molar-refractivity contribution in [1.29, 1.82) is 0 Å². The van der Waals surface area contributed by atoms with Gasteiger partial charge in [-0.15, -0.1) is 0 Å². The number of aliphatic imine (C=N–C) groups is 1. The maximum Gasteiger partial charge on any atom is 0.101 e. The van der Waals surface area contributed by atoms with Crippen LogP contribution in [0, 0.1) is 0 Å². The van der Waals surface area contributed by atoms with Crippen molar-refractivity contribution >= 4 is 6.21 Å². The fraction of sp³-hybridized carbons (Fsp3) is 0.500. The van der Waals surface area contributed by atoms with Crippen molar-refractivity contribution in [3.8, 4) is 0 Å². The average Bonchev–Trinajstić information content (AvgIpc) is 1.81. The van der Waals surface area contributed by atoms with Crippen LogP contribution >= 0.6 is 0 Å². The molecule has 0 radical (unpaired) electrons. The molecule has 0 heterocycles. The lowest BCUT2D eigenvalue weighted by Gasteiger charge is -1.79. The molecule has 0 amide bonds. The van der Waals surface area contributed by atoms with Crippen molar-refractivity contribution in [2.75, 3.05) is 7.11 Å². The van der Waals surface area contributed by atoms with E-state index in [0.29, 0.717) is 0 Å². The monoisotopic (exact) mass is 113 g/mol. The van der Waals surface area contributed by atoms with Gasteiger partial charge in [-0.1, -0.05) is 6.92 Å². The average molecular weight is 113 g/mol. The van der Waals surface area contributed by atoms with E-state index in [0.717, 1.165) is 6.42 Å². The lowest BCUT2D eigenvalue weighted by Crippen LogP contribution is -1.65. The Bertz CT molecular complexity index is 74.5. The molecular formula is C6H11NO. The first-order valence-electron chi connectivity index (χ1n) is 2.61. The van der Waals surface area contributed by atoms with Gasteiger partial charge in [0.2, 0.25) is 0 Å². The van der Waals surface area contributed by atoms with E-state index in [1.54, 1.807) is 13.3 Å². The van der Waals surface area contributed by atoms with E-state index >= 15 is 0 Å². The highest BCUT2D eigenvalue weighted by atomic mass is 16.5. The Labute approximate surface area is 49.9 Å². The third-order valence-electron chi connectivity index (χ3n) is 0.571. The summed E-state index contributed by atoms with van der Waals surface area (Å²) in [5, 5.41) is 0. The number of rotatable bonds is 3. The topological polar surface area (TPSA) is 21.6 Å². The Morgan fingerprint density at radius 3 is 2.88 bits per heavy atom. The molecule has 0 atom stereocenters. The Morgan fingerprint density at radius 1 is 1.62 bits per heavy atom. The summed E-state index contributed by atoms with van der Waals surface area (Å²) in [5.74, 6) is 0. The summed E-state index contributed by atoms with van der Waals surface area (Å²) in [7, 11) is 1.60. The molecule has 0 N–H and O–H groups in total. The molecular weight excluding hydrogens is 102 g/mol. The minimum Gasteiger partial charge on any atom is -0.503 e. The summed E-state index contributed by atoms with van der Waals surface area (Å²) >= 11 is 0. The van der Waals surface area contributed by atoms with Crippen molar-refractivity contribution in [1.82, 2.24) is 0 Å². The molecule has 2 heteroatoms. The molecule has 0 fully saturated rings. The molecule has 0 aliphatic heterocycles. The van der Waals surface area contributed by atoms with E-state index in [1.807, 2.05) is 13.1 Å². The normalized spacial score (nSPS) is 11.2. The van der Waals surface area contributed by atoms with Crippen molar-refractivity contribution in [3.63, 3.8) is 0 Å². The van der Waals surface area contributed by atoms with Crippen LogP contribution in [0.4, 0.5) is 0 Å². The molecule has 8 heavy (non-hydrogen) atoms. The summed E-state index contributed by atoms with van der Waals surface area (Å²) in [6, 6.07) is 0. The SMILES string of the molecule is CCC=N/C=C/OC. The van der Waals surface area contributed by atoms with Gasteiger partial charge in [0.15, 0.2) is 0 Å². The van der Waals surface area contributed by atoms with E-state index in [1.165, 1.54) is 6.26 Å². The molecule has 0 aromatic carbocycles. The fourth-order valence-corrected chi connectivity index (χ4v) is 0.262. The van der Waals surface area contributed by atoms with Crippen LogP contribution in [0.15, 0.2) is 17.5 Å². The van der Waals surface area contributed by atoms with Gasteiger partial charge in [0.1, 0.15) is 6.26 Å². The van der Waals surface area contributed by atoms with E-state index in [-0.39, 0.29) is 0 Å². The van der Waals surface area contributed by atoms with Crippen molar-refractivity contribution in [2.45, 2.75) is 13.3 Å². The minimum atomic E-state index is 0.966. The molecule has 0 unspecified atom stereocenters. The van der Waals surface area contributed by atoms with Gasteiger partial charge in [0.05, 0.1) is 13.3 Å². The number of ether oxygens (including phenoxy) is 1. The third-order valence-corrected chi connectivity index (χ3v) is 0.571. The zero-order chi connectivity index (χ0) is 6.24. The summed E-state index contributed by atoms with van der Waals surface area (Å²) in [5.41, 5.74) is 0. The second kappa shape index (κ2) is 6.21. The first kappa shape index (κ1) is 7.21. The number of hydrogen-bond acceptors (Lipinski definition) is 2. The highest BCUT2D eigenvalue weighted by molar-refractivity contribution is 5.57. The number of nitrogens with zero attached hydrogens (tertiary/aromatic N) is 1. The molecule has 0 rings (SSSR count). The lowest BCUT2D eigenvalue weighted by molar-refractivity contribution is 0.337. The molecule has 0 spiro atoms. The Hall–Kier alpha value is -0.790. The quantitative estimate of drug-likeness (QED) is 0.402. The van der Waals surface area contributed by atoms with Gasteiger partial charge in [-0.2, -0.15) is 0 Å². The van der Waals surface area contributed by atoms with Crippen LogP contribution in [-0.2, 0) is 4.74 Å². The first-order valence-corrected chi connectivity index (χ1v) is 2.61. The minimum absolute atomic E-state index is 0.966. The molecule has 0 saturated carbocycles. The third kappa shape index (κ3) is 5.21. The first-order chi connectivity index (χ1) is 3.91. The molecule has 0 aromatic heterocycles. The zero-order valence-electron chi connectivity index (χ0n) is 5.29. The van der Waals surface area contributed by atoms with Crippen molar-refractivity contribution < 1.29 is 4.74 Å². The van der Waals surface area contributed by atoms with E-state index in [9.17, 15) is 0 Å². The van der Waals surface area contributed by atoms with Crippen LogP contribution in [0.5, 0.6) is 0 Å². The van der Waals surface area contributed by atoms with Gasteiger partial charge in [-0.05, 0) is 6.42 Å². The van der Waals surface area contributed by atoms with Crippen LogP contribution in [0.25, 0.3) is 0 Å². The summed E-state index contributed by atoms with van der Waals surface area (Å²) in [6.45, 7) is 2.03. The van der Waals surface area contributed by atoms with E-state index in [2.05, 4.69) is 9.73 Å². The summed E-state index contributed by atoms with van der Waals surface area (Å²) < 4.78 is 4.59. The second-order valence-corrected chi connectivity index (χ2v) is 1.26. The largest absolute Gasteiger partial charge is 0.503 e. The Kier molecular flexibility index (Phi) is 5.60. The smallest absolute Gasteiger partial charge is 0.101 e.